The fourth-order valence-corrected chi connectivity index (χ4v) is 2.11. The van der Waals surface area contributed by atoms with Crippen LogP contribution in [0.15, 0.2) is 42.5 Å². The first kappa shape index (κ1) is 13.6. The van der Waals surface area contributed by atoms with E-state index in [-0.39, 0.29) is 5.91 Å². The maximum absolute atomic E-state index is 12.1. The van der Waals surface area contributed by atoms with Gasteiger partial charge in [0.25, 0.3) is 0 Å². The maximum atomic E-state index is 12.1. The molecule has 0 saturated heterocycles. The zero-order chi connectivity index (χ0) is 13.7. The zero-order valence-electron chi connectivity index (χ0n) is 11.5. The van der Waals surface area contributed by atoms with E-state index in [2.05, 4.69) is 29.6 Å². The van der Waals surface area contributed by atoms with Crippen molar-refractivity contribution in [1.29, 1.82) is 0 Å². The van der Waals surface area contributed by atoms with Gasteiger partial charge in [-0.2, -0.15) is 0 Å². The minimum atomic E-state index is 0.158. The molecule has 0 fully saturated rings. The van der Waals surface area contributed by atoms with Crippen LogP contribution in [0, 0.1) is 0 Å². The Balaban J connectivity index is 2.12. The zero-order valence-corrected chi connectivity index (χ0v) is 11.5. The molecule has 100 valence electrons. The Morgan fingerprint density at radius 2 is 1.89 bits per heavy atom. The molecule has 0 aliphatic rings. The first-order chi connectivity index (χ1) is 9.22. The molecule has 19 heavy (non-hydrogen) atoms. The van der Waals surface area contributed by atoms with E-state index < -0.39 is 0 Å². The van der Waals surface area contributed by atoms with E-state index in [0.717, 1.165) is 24.0 Å². The van der Waals surface area contributed by atoms with Gasteiger partial charge in [0.15, 0.2) is 0 Å². The highest BCUT2D eigenvalue weighted by Gasteiger charge is 2.10. The first-order valence-corrected chi connectivity index (χ1v) is 6.62. The highest BCUT2D eigenvalue weighted by atomic mass is 16.2. The fourth-order valence-electron chi connectivity index (χ4n) is 2.11. The van der Waals surface area contributed by atoms with Crippen molar-refractivity contribution in [2.75, 3.05) is 25.5 Å². The molecule has 3 heteroatoms. The lowest BCUT2D eigenvalue weighted by atomic mass is 10.1. The Morgan fingerprint density at radius 3 is 2.63 bits per heavy atom. The van der Waals surface area contributed by atoms with Crippen molar-refractivity contribution in [3.8, 4) is 0 Å². The van der Waals surface area contributed by atoms with E-state index in [1.807, 2.05) is 32.3 Å². The van der Waals surface area contributed by atoms with Crippen molar-refractivity contribution in [2.24, 2.45) is 0 Å². The summed E-state index contributed by atoms with van der Waals surface area (Å²) in [7, 11) is 3.74. The third-order valence-corrected chi connectivity index (χ3v) is 3.31. The largest absolute Gasteiger partial charge is 0.320 e. The molecule has 2 aromatic carbocycles. The second kappa shape index (κ2) is 6.34. The van der Waals surface area contributed by atoms with Crippen molar-refractivity contribution in [3.05, 3.63) is 42.5 Å². The summed E-state index contributed by atoms with van der Waals surface area (Å²) < 4.78 is 0. The summed E-state index contributed by atoms with van der Waals surface area (Å²) in [5.74, 6) is 0.158. The summed E-state index contributed by atoms with van der Waals surface area (Å²) in [5.41, 5.74) is 0.952. The van der Waals surface area contributed by atoms with E-state index in [1.54, 1.807) is 4.90 Å². The van der Waals surface area contributed by atoms with Crippen molar-refractivity contribution in [2.45, 2.75) is 12.8 Å². The van der Waals surface area contributed by atoms with Gasteiger partial charge in [0.1, 0.15) is 0 Å². The van der Waals surface area contributed by atoms with Gasteiger partial charge in [-0.05, 0) is 42.9 Å². The van der Waals surface area contributed by atoms with Crippen molar-refractivity contribution in [1.82, 2.24) is 5.32 Å². The summed E-state index contributed by atoms with van der Waals surface area (Å²) in [6.07, 6.45) is 1.44. The van der Waals surface area contributed by atoms with Crippen molar-refractivity contribution >= 4 is 22.4 Å². The smallest absolute Gasteiger partial charge is 0.226 e. The number of nitrogens with one attached hydrogen (secondary N) is 1. The Morgan fingerprint density at radius 1 is 1.16 bits per heavy atom. The van der Waals surface area contributed by atoms with E-state index in [1.165, 1.54) is 5.39 Å². The second-order valence-corrected chi connectivity index (χ2v) is 4.69. The predicted molar refractivity (Wildman–Crippen MR) is 80.5 cm³/mol. The molecule has 1 N–H and O–H groups in total. The van der Waals surface area contributed by atoms with Gasteiger partial charge in [0.2, 0.25) is 5.91 Å². The van der Waals surface area contributed by atoms with Crippen LogP contribution in [-0.4, -0.2) is 26.5 Å². The van der Waals surface area contributed by atoms with Crippen LogP contribution in [0.2, 0.25) is 0 Å². The standard InChI is InChI=1S/C16H20N2O/c1-17-11-5-8-16(19)18(2)15-10-9-13-6-3-4-7-14(13)12-15/h3-4,6-7,9-10,12,17H,5,8,11H2,1-2H3. The van der Waals surface area contributed by atoms with Crippen LogP contribution in [0.25, 0.3) is 10.8 Å². The highest BCUT2D eigenvalue weighted by molar-refractivity contribution is 5.95. The van der Waals surface area contributed by atoms with Gasteiger partial charge in [-0.15, -0.1) is 0 Å². The summed E-state index contributed by atoms with van der Waals surface area (Å²) in [4.78, 5) is 13.8. The molecule has 0 radical (unpaired) electrons. The van der Waals surface area contributed by atoms with Crippen LogP contribution in [0.3, 0.4) is 0 Å². The summed E-state index contributed by atoms with van der Waals surface area (Å²) in [6, 6.07) is 14.3. The molecule has 0 aliphatic carbocycles. The quantitative estimate of drug-likeness (QED) is 0.834. The number of fused-ring (bicyclic) bond motifs is 1. The average molecular weight is 256 g/mol. The van der Waals surface area contributed by atoms with Gasteiger partial charge < -0.3 is 10.2 Å². The monoisotopic (exact) mass is 256 g/mol. The number of anilines is 1. The van der Waals surface area contributed by atoms with Crippen LogP contribution in [0.5, 0.6) is 0 Å². The molecule has 0 atom stereocenters. The Hall–Kier alpha value is -1.87. The highest BCUT2D eigenvalue weighted by Crippen LogP contribution is 2.21. The number of hydrogen-bond acceptors (Lipinski definition) is 2. The van der Waals surface area contributed by atoms with Gasteiger partial charge in [-0.3, -0.25) is 4.79 Å². The van der Waals surface area contributed by atoms with Gasteiger partial charge in [-0.25, -0.2) is 0 Å². The molecule has 0 heterocycles. The fraction of sp³-hybridized carbons (Fsp3) is 0.312. The van der Waals surface area contributed by atoms with Gasteiger partial charge in [0, 0.05) is 19.2 Å². The topological polar surface area (TPSA) is 32.3 Å². The van der Waals surface area contributed by atoms with Crippen molar-refractivity contribution < 1.29 is 4.79 Å². The number of nitrogens with zero attached hydrogens (tertiary/aromatic N) is 1. The SMILES string of the molecule is CNCCCC(=O)N(C)c1ccc2ccccc2c1. The molecule has 0 unspecified atom stereocenters. The molecule has 2 aromatic rings. The van der Waals surface area contributed by atoms with Crippen LogP contribution < -0.4 is 10.2 Å². The number of carbonyl (C=O) groups is 1. The maximum Gasteiger partial charge on any atom is 0.226 e. The lowest BCUT2D eigenvalue weighted by Crippen LogP contribution is -2.26. The minimum Gasteiger partial charge on any atom is -0.320 e. The lowest BCUT2D eigenvalue weighted by Gasteiger charge is -2.18. The van der Waals surface area contributed by atoms with E-state index >= 15 is 0 Å². The molecular formula is C16H20N2O. The number of benzene rings is 2. The number of rotatable bonds is 5. The molecule has 1 amide bonds. The number of amides is 1. The summed E-state index contributed by atoms with van der Waals surface area (Å²) in [5, 5.41) is 5.41. The Labute approximate surface area is 114 Å². The molecule has 0 saturated carbocycles. The number of hydrogen-bond donors (Lipinski definition) is 1. The molecule has 0 aliphatic heterocycles. The summed E-state index contributed by atoms with van der Waals surface area (Å²) >= 11 is 0. The normalized spacial score (nSPS) is 10.6. The Bertz CT molecular complexity index is 565. The number of carbonyl (C=O) groups excluding carboxylic acids is 1. The third-order valence-electron chi connectivity index (χ3n) is 3.31. The van der Waals surface area contributed by atoms with Gasteiger partial charge in [-0.1, -0.05) is 30.3 Å². The predicted octanol–water partition coefficient (Wildman–Crippen LogP) is 2.80. The third kappa shape index (κ3) is 3.32. The van der Waals surface area contributed by atoms with Crippen LogP contribution in [-0.2, 0) is 4.79 Å². The van der Waals surface area contributed by atoms with Crippen LogP contribution in [0.1, 0.15) is 12.8 Å². The minimum absolute atomic E-state index is 0.158. The molecule has 2 rings (SSSR count). The van der Waals surface area contributed by atoms with Crippen LogP contribution >= 0.6 is 0 Å². The van der Waals surface area contributed by atoms with Crippen LogP contribution in [0.4, 0.5) is 5.69 Å². The van der Waals surface area contributed by atoms with Crippen molar-refractivity contribution in [3.63, 3.8) is 0 Å². The summed E-state index contributed by atoms with van der Waals surface area (Å²) in [6.45, 7) is 0.872. The van der Waals surface area contributed by atoms with Gasteiger partial charge >= 0.3 is 0 Å². The molecular weight excluding hydrogens is 236 g/mol. The molecule has 0 bridgehead atoms. The average Bonchev–Trinajstić information content (AvgIpc) is 2.46. The van der Waals surface area contributed by atoms with E-state index in [9.17, 15) is 4.79 Å². The van der Waals surface area contributed by atoms with E-state index in [0.29, 0.717) is 6.42 Å². The van der Waals surface area contributed by atoms with E-state index in [4.69, 9.17) is 0 Å². The van der Waals surface area contributed by atoms with Gasteiger partial charge in [0.05, 0.1) is 0 Å². The molecule has 0 aromatic heterocycles. The second-order valence-electron chi connectivity index (χ2n) is 4.69. The molecule has 3 nitrogen and oxygen atoms in total. The molecule has 0 spiro atoms. The Kier molecular flexibility index (Phi) is 4.53. The first-order valence-electron chi connectivity index (χ1n) is 6.62. The lowest BCUT2D eigenvalue weighted by molar-refractivity contribution is -0.118.